The van der Waals surface area contributed by atoms with E-state index in [9.17, 15) is 14.0 Å². The number of rotatable bonds is 10. The van der Waals surface area contributed by atoms with Crippen molar-refractivity contribution in [1.29, 1.82) is 0 Å². The molecule has 11 heteroatoms. The summed E-state index contributed by atoms with van der Waals surface area (Å²) in [6, 6.07) is 14.5. The molecule has 0 saturated carbocycles. The Bertz CT molecular complexity index is 1500. The first-order valence-corrected chi connectivity index (χ1v) is 16.8. The molecule has 2 aromatic carbocycles. The fourth-order valence-corrected chi connectivity index (χ4v) is 4.92. The van der Waals surface area contributed by atoms with Gasteiger partial charge in [0.1, 0.15) is 18.4 Å². The Kier molecular flexibility index (Phi) is 8.95. The molecule has 210 valence electrons. The highest BCUT2D eigenvalue weighted by atomic mass is 28.3. The number of pyridine rings is 1. The van der Waals surface area contributed by atoms with E-state index in [1.54, 1.807) is 23.0 Å². The van der Waals surface area contributed by atoms with Gasteiger partial charge >= 0.3 is 11.8 Å². The lowest BCUT2D eigenvalue weighted by Crippen LogP contribution is -2.39. The number of nitrogens with two attached hydrogens (primary N) is 1. The number of nitrogen functional groups attached to an aromatic ring is 1. The van der Waals surface area contributed by atoms with Gasteiger partial charge in [0.2, 0.25) is 0 Å². The largest absolute Gasteiger partial charge is 0.383 e. The molecule has 0 saturated heterocycles. The Labute approximate surface area is 234 Å². The topological polar surface area (TPSA) is 115 Å². The van der Waals surface area contributed by atoms with Crippen LogP contribution in [0, 0.1) is 12.7 Å². The summed E-state index contributed by atoms with van der Waals surface area (Å²) in [7, 11) is -1.26. The lowest BCUT2D eigenvalue weighted by Gasteiger charge is -2.23. The van der Waals surface area contributed by atoms with Crippen LogP contribution in [0.2, 0.25) is 25.7 Å². The van der Waals surface area contributed by atoms with Crippen LogP contribution in [-0.4, -0.2) is 46.2 Å². The Morgan fingerprint density at radius 3 is 2.50 bits per heavy atom. The normalized spacial score (nSPS) is 11.5. The zero-order valence-corrected chi connectivity index (χ0v) is 24.3. The van der Waals surface area contributed by atoms with Crippen LogP contribution in [0.4, 0.5) is 15.9 Å². The van der Waals surface area contributed by atoms with Gasteiger partial charge in [-0.1, -0.05) is 56.0 Å². The fraction of sp³-hybridized carbons (Fsp3) is 0.310. The molecule has 0 aliphatic heterocycles. The summed E-state index contributed by atoms with van der Waals surface area (Å²) in [6.45, 7) is 9.85. The number of fused-ring (bicyclic) bond motifs is 1. The average Bonchev–Trinajstić information content (AvgIpc) is 3.34. The molecule has 0 bridgehead atoms. The van der Waals surface area contributed by atoms with Gasteiger partial charge in [-0.05, 0) is 41.8 Å². The van der Waals surface area contributed by atoms with Crippen LogP contribution in [0.15, 0.2) is 60.9 Å². The number of nitrogens with zero attached hydrogens (tertiary/aromatic N) is 4. The minimum absolute atomic E-state index is 0.124. The summed E-state index contributed by atoms with van der Waals surface area (Å²) < 4.78 is 20.9. The number of carbonyl (C=O) groups is 2. The minimum Gasteiger partial charge on any atom is -0.383 e. The number of halogens is 1. The van der Waals surface area contributed by atoms with Gasteiger partial charge in [-0.25, -0.2) is 14.1 Å². The molecule has 0 radical (unpaired) electrons. The van der Waals surface area contributed by atoms with Crippen molar-refractivity contribution in [3.8, 4) is 0 Å². The number of amides is 2. The summed E-state index contributed by atoms with van der Waals surface area (Å²) >= 11 is 0. The molecule has 2 aromatic heterocycles. The molecule has 40 heavy (non-hydrogen) atoms. The van der Waals surface area contributed by atoms with Crippen molar-refractivity contribution in [1.82, 2.24) is 19.7 Å². The number of hydrogen-bond donors (Lipinski definition) is 2. The van der Waals surface area contributed by atoms with Crippen molar-refractivity contribution >= 4 is 42.3 Å². The number of anilines is 2. The van der Waals surface area contributed by atoms with E-state index in [0.29, 0.717) is 28.8 Å². The number of ether oxygens (including phenoxy) is 1. The first-order chi connectivity index (χ1) is 19.0. The summed E-state index contributed by atoms with van der Waals surface area (Å²) in [6.07, 6.45) is 2.98. The number of aryl methyl sites for hydroxylation is 1. The molecule has 0 unspecified atom stereocenters. The summed E-state index contributed by atoms with van der Waals surface area (Å²) in [5, 5.41) is 7.63. The summed E-state index contributed by atoms with van der Waals surface area (Å²) in [5.74, 6) is -1.70. The van der Waals surface area contributed by atoms with Crippen molar-refractivity contribution in [2.24, 2.45) is 0 Å². The Morgan fingerprint density at radius 1 is 1.07 bits per heavy atom. The van der Waals surface area contributed by atoms with Gasteiger partial charge in [0, 0.05) is 27.8 Å². The maximum Gasteiger partial charge on any atom is 0.314 e. The van der Waals surface area contributed by atoms with Crippen molar-refractivity contribution < 1.29 is 18.7 Å². The predicted molar refractivity (Wildman–Crippen MR) is 157 cm³/mol. The van der Waals surface area contributed by atoms with Gasteiger partial charge in [-0.15, -0.1) is 0 Å². The minimum atomic E-state index is -1.26. The second-order valence-electron chi connectivity index (χ2n) is 11.0. The quantitative estimate of drug-likeness (QED) is 0.161. The Morgan fingerprint density at radius 2 is 1.80 bits per heavy atom. The number of aromatic nitrogens is 3. The summed E-state index contributed by atoms with van der Waals surface area (Å²) in [5.41, 5.74) is 9.47. The van der Waals surface area contributed by atoms with Gasteiger partial charge in [0.05, 0.1) is 29.0 Å². The molecule has 3 N–H and O–H groups in total. The second kappa shape index (κ2) is 12.4. The van der Waals surface area contributed by atoms with E-state index in [4.69, 9.17) is 10.5 Å². The lowest BCUT2D eigenvalue weighted by molar-refractivity contribution is -0.144. The number of hydrogen-bond acceptors (Lipinski definition) is 6. The van der Waals surface area contributed by atoms with Crippen LogP contribution in [-0.2, 0) is 34.1 Å². The molecule has 9 nitrogen and oxygen atoms in total. The van der Waals surface area contributed by atoms with E-state index >= 15 is 0 Å². The van der Waals surface area contributed by atoms with E-state index in [2.05, 4.69) is 35.0 Å². The highest BCUT2D eigenvalue weighted by Crippen LogP contribution is 2.27. The number of carbonyl (C=O) groups excluding carboxylic acids is 2. The molecule has 0 atom stereocenters. The SMILES string of the molecule is Cc1ccccc1CN(Cc1ccc(F)cc1)C(=O)C(=O)Nc1cnc(N)c2cnn(COCC[Si](C)(C)C)c12. The Balaban J connectivity index is 1.57. The molecule has 4 aromatic rings. The van der Waals surface area contributed by atoms with E-state index in [-0.39, 0.29) is 31.5 Å². The highest BCUT2D eigenvalue weighted by molar-refractivity contribution is 6.76. The lowest BCUT2D eigenvalue weighted by atomic mass is 10.1. The highest BCUT2D eigenvalue weighted by Gasteiger charge is 2.25. The van der Waals surface area contributed by atoms with Crippen LogP contribution in [0.25, 0.3) is 10.9 Å². The van der Waals surface area contributed by atoms with Gasteiger partial charge in [0.25, 0.3) is 0 Å². The van der Waals surface area contributed by atoms with Gasteiger partial charge in [-0.3, -0.25) is 9.59 Å². The van der Waals surface area contributed by atoms with Crippen LogP contribution in [0.5, 0.6) is 0 Å². The summed E-state index contributed by atoms with van der Waals surface area (Å²) in [4.78, 5) is 32.5. The van der Waals surface area contributed by atoms with E-state index in [0.717, 1.165) is 17.2 Å². The van der Waals surface area contributed by atoms with Crippen LogP contribution in [0.1, 0.15) is 16.7 Å². The zero-order valence-electron chi connectivity index (χ0n) is 23.3. The molecular formula is C29H35FN6O3Si. The second-order valence-corrected chi connectivity index (χ2v) is 16.6. The van der Waals surface area contributed by atoms with Crippen molar-refractivity contribution in [3.05, 3.63) is 83.4 Å². The third-order valence-electron chi connectivity index (χ3n) is 6.55. The van der Waals surface area contributed by atoms with Gasteiger partial charge in [-0.2, -0.15) is 5.10 Å². The van der Waals surface area contributed by atoms with Crippen LogP contribution >= 0.6 is 0 Å². The molecule has 2 amide bonds. The van der Waals surface area contributed by atoms with E-state index < -0.39 is 19.9 Å². The zero-order chi connectivity index (χ0) is 28.9. The standard InChI is InChI=1S/C29H35FN6O3Si/c1-20-7-5-6-8-22(20)18-35(17-21-9-11-23(30)12-10-21)29(38)28(37)34-25-16-32-27(31)24-15-33-36(26(24)25)19-39-13-14-40(2,3)4/h5-12,15-16H,13-14,17-19H2,1-4H3,(H2,31,32)(H,34,37). The van der Waals surface area contributed by atoms with Gasteiger partial charge < -0.3 is 20.7 Å². The van der Waals surface area contributed by atoms with Crippen molar-refractivity contribution in [2.45, 2.75) is 52.4 Å². The molecule has 0 aliphatic carbocycles. The van der Waals surface area contributed by atoms with Crippen molar-refractivity contribution in [2.75, 3.05) is 17.7 Å². The molecule has 4 rings (SSSR count). The molecule has 0 fully saturated rings. The fourth-order valence-electron chi connectivity index (χ4n) is 4.16. The smallest absolute Gasteiger partial charge is 0.314 e. The third-order valence-corrected chi connectivity index (χ3v) is 8.26. The number of nitrogens with one attached hydrogen (secondary N) is 1. The third kappa shape index (κ3) is 7.30. The van der Waals surface area contributed by atoms with Gasteiger partial charge in [0.15, 0.2) is 0 Å². The first kappa shape index (κ1) is 28.9. The average molecular weight is 563 g/mol. The van der Waals surface area contributed by atoms with Crippen molar-refractivity contribution in [3.63, 3.8) is 0 Å². The molecular weight excluding hydrogens is 527 g/mol. The maximum atomic E-state index is 13.5. The molecule has 0 spiro atoms. The first-order valence-electron chi connectivity index (χ1n) is 13.1. The maximum absolute atomic E-state index is 13.5. The van der Waals surface area contributed by atoms with Crippen LogP contribution < -0.4 is 11.1 Å². The number of benzene rings is 2. The monoisotopic (exact) mass is 562 g/mol. The predicted octanol–water partition coefficient (Wildman–Crippen LogP) is 4.94. The van der Waals surface area contributed by atoms with E-state index in [1.165, 1.54) is 23.2 Å². The van der Waals surface area contributed by atoms with Crippen LogP contribution in [0.3, 0.4) is 0 Å². The molecule has 2 heterocycles. The van der Waals surface area contributed by atoms with E-state index in [1.807, 2.05) is 31.2 Å². The molecule has 0 aliphatic rings. The Hall–Kier alpha value is -4.09.